The predicted molar refractivity (Wildman–Crippen MR) is 44.9 cm³/mol. The van der Waals surface area contributed by atoms with Crippen molar-refractivity contribution in [3.63, 3.8) is 0 Å². The van der Waals surface area contributed by atoms with Crippen LogP contribution in [0.2, 0.25) is 0 Å². The van der Waals surface area contributed by atoms with Crippen LogP contribution in [0.5, 0.6) is 0 Å². The summed E-state index contributed by atoms with van der Waals surface area (Å²) in [4.78, 5) is 0. The lowest BCUT2D eigenvalue weighted by Gasteiger charge is -2.00. The van der Waals surface area contributed by atoms with Crippen molar-refractivity contribution in [1.82, 2.24) is 0 Å². The largest absolute Gasteiger partial charge is 0.395 e. The molecule has 5 nitrogen and oxygen atoms in total. The van der Waals surface area contributed by atoms with E-state index in [9.17, 15) is 16.8 Å². The van der Waals surface area contributed by atoms with Gasteiger partial charge in [-0.3, -0.25) is 0 Å². The Morgan fingerprint density at radius 3 is 2.00 bits per heavy atom. The van der Waals surface area contributed by atoms with Crippen LogP contribution in [0.15, 0.2) is 12.7 Å². The van der Waals surface area contributed by atoms with Crippen molar-refractivity contribution in [1.29, 1.82) is 0 Å². The third kappa shape index (κ3) is 2.58. The minimum absolute atomic E-state index is 0.616. The molecule has 1 N–H and O–H groups in total. The van der Waals surface area contributed by atoms with E-state index in [2.05, 4.69) is 6.58 Å². The average Bonchev–Trinajstić information content (AvgIpc) is 1.86. The van der Waals surface area contributed by atoms with Gasteiger partial charge >= 0.3 is 0 Å². The van der Waals surface area contributed by atoms with Gasteiger partial charge in [0.15, 0.2) is 0 Å². The van der Waals surface area contributed by atoms with Crippen LogP contribution in [0.4, 0.5) is 0 Å². The molecule has 7 heteroatoms. The van der Waals surface area contributed by atoms with Crippen LogP contribution in [0.3, 0.4) is 0 Å². The molecule has 0 atom stereocenters. The summed E-state index contributed by atoms with van der Waals surface area (Å²) in [5.74, 6) is -1.38. The van der Waals surface area contributed by atoms with Crippen LogP contribution in [-0.2, 0) is 17.7 Å². The summed E-state index contributed by atoms with van der Waals surface area (Å²) in [5.41, 5.74) is 0. The third-order valence-corrected chi connectivity index (χ3v) is 6.38. The van der Waals surface area contributed by atoms with E-state index in [1.54, 1.807) is 0 Å². The predicted octanol–water partition coefficient (Wildman–Crippen LogP) is -1.09. The van der Waals surface area contributed by atoms with E-state index in [-0.39, 0.29) is 0 Å². The van der Waals surface area contributed by atoms with E-state index >= 15 is 0 Å². The van der Waals surface area contributed by atoms with Crippen LogP contribution in [-0.4, -0.2) is 40.1 Å². The van der Waals surface area contributed by atoms with Crippen molar-refractivity contribution in [2.75, 3.05) is 18.1 Å². The van der Waals surface area contributed by atoms with E-state index in [0.29, 0.717) is 0 Å². The minimum atomic E-state index is -4.22. The van der Waals surface area contributed by atoms with Gasteiger partial charge in [-0.15, -0.1) is 6.58 Å². The molecule has 0 aromatic heterocycles. The fraction of sp³-hybridized carbons (Fsp3) is 0.600. The summed E-state index contributed by atoms with van der Waals surface area (Å²) in [7, 11) is -8.40. The quantitative estimate of drug-likeness (QED) is 0.464. The number of hydrogen-bond donors (Lipinski definition) is 1. The van der Waals surface area contributed by atoms with Gasteiger partial charge in [-0.1, -0.05) is 6.08 Å². The highest BCUT2D eigenvalue weighted by molar-refractivity contribution is 8.67. The molecule has 0 fully saturated rings. The summed E-state index contributed by atoms with van der Waals surface area (Å²) < 4.78 is 43.4. The molecule has 0 aromatic carbocycles. The molecule has 0 bridgehead atoms. The van der Waals surface area contributed by atoms with Crippen molar-refractivity contribution >= 4 is 17.7 Å². The van der Waals surface area contributed by atoms with E-state index in [1.807, 2.05) is 0 Å². The second-order valence-corrected chi connectivity index (χ2v) is 8.02. The monoisotopic (exact) mass is 214 g/mol. The van der Waals surface area contributed by atoms with Gasteiger partial charge in [0, 0.05) is 0 Å². The first kappa shape index (κ1) is 11.6. The maximum Gasteiger partial charge on any atom is 0.257 e. The van der Waals surface area contributed by atoms with E-state index in [0.717, 1.165) is 6.08 Å². The van der Waals surface area contributed by atoms with Gasteiger partial charge < -0.3 is 5.11 Å². The maximum absolute atomic E-state index is 10.9. The van der Waals surface area contributed by atoms with Crippen LogP contribution in [0.1, 0.15) is 0 Å². The first-order valence-electron chi connectivity index (χ1n) is 3.04. The molecule has 0 saturated carbocycles. The summed E-state index contributed by atoms with van der Waals surface area (Å²) in [5, 5.41) is 8.26. The molecule has 0 heterocycles. The van der Waals surface area contributed by atoms with Crippen LogP contribution in [0.25, 0.3) is 0 Å². The Kier molecular flexibility index (Phi) is 3.88. The van der Waals surface area contributed by atoms with Gasteiger partial charge in [-0.25, -0.2) is 16.8 Å². The first-order valence-corrected chi connectivity index (χ1v) is 6.86. The summed E-state index contributed by atoms with van der Waals surface area (Å²) in [6, 6.07) is 0. The highest BCUT2D eigenvalue weighted by Crippen LogP contribution is 2.03. The van der Waals surface area contributed by atoms with Gasteiger partial charge in [0.2, 0.25) is 0 Å². The summed E-state index contributed by atoms with van der Waals surface area (Å²) in [6.45, 7) is 2.42. The van der Waals surface area contributed by atoms with Crippen molar-refractivity contribution in [3.8, 4) is 0 Å². The lowest BCUT2D eigenvalue weighted by atomic mass is 10.8. The second kappa shape index (κ2) is 4.01. The van der Waals surface area contributed by atoms with Crippen LogP contribution in [0, 0.1) is 0 Å². The molecule has 0 amide bonds. The van der Waals surface area contributed by atoms with Gasteiger partial charge in [-0.2, -0.15) is 0 Å². The molecule has 0 aliphatic heterocycles. The van der Waals surface area contributed by atoms with Gasteiger partial charge in [-0.05, 0) is 0 Å². The lowest BCUT2D eigenvalue weighted by molar-refractivity contribution is 0.320. The topological polar surface area (TPSA) is 88.5 Å². The number of aliphatic hydroxyl groups is 1. The number of rotatable bonds is 5. The van der Waals surface area contributed by atoms with Crippen molar-refractivity contribution in [2.45, 2.75) is 0 Å². The zero-order chi connectivity index (χ0) is 9.83. The average molecular weight is 214 g/mol. The zero-order valence-corrected chi connectivity index (χ0v) is 7.94. The van der Waals surface area contributed by atoms with Crippen LogP contribution >= 0.6 is 0 Å². The van der Waals surface area contributed by atoms with Crippen molar-refractivity contribution in [3.05, 3.63) is 12.7 Å². The number of hydrogen-bond acceptors (Lipinski definition) is 5. The molecular formula is C5H10O5S2. The normalized spacial score (nSPS) is 12.8. The Morgan fingerprint density at radius 1 is 1.17 bits per heavy atom. The summed E-state index contributed by atoms with van der Waals surface area (Å²) in [6.07, 6.45) is 0.990. The second-order valence-electron chi connectivity index (χ2n) is 2.00. The van der Waals surface area contributed by atoms with E-state index < -0.39 is 35.9 Å². The Labute approximate surface area is 71.0 Å². The highest BCUT2D eigenvalue weighted by Gasteiger charge is 2.27. The Morgan fingerprint density at radius 2 is 1.67 bits per heavy atom. The van der Waals surface area contributed by atoms with Crippen molar-refractivity contribution < 1.29 is 21.9 Å². The molecule has 72 valence electrons. The molecular weight excluding hydrogens is 204 g/mol. The van der Waals surface area contributed by atoms with E-state index in [4.69, 9.17) is 5.11 Å². The first-order chi connectivity index (χ1) is 5.37. The third-order valence-electron chi connectivity index (χ3n) is 1.05. The molecule has 0 spiro atoms. The smallest absolute Gasteiger partial charge is 0.257 e. The zero-order valence-electron chi connectivity index (χ0n) is 6.30. The minimum Gasteiger partial charge on any atom is -0.395 e. The fourth-order valence-electron chi connectivity index (χ4n) is 0.487. The highest BCUT2D eigenvalue weighted by atomic mass is 33.2. The molecule has 0 aliphatic carbocycles. The van der Waals surface area contributed by atoms with Gasteiger partial charge in [0.25, 0.3) is 17.7 Å². The Bertz CT molecular complexity index is 336. The molecule has 0 aromatic rings. The number of aliphatic hydroxyl groups excluding tert-OH is 1. The Balaban J connectivity index is 4.91. The molecule has 0 aliphatic rings. The SMILES string of the molecule is C=CCS(=O)(=O)S(=O)(=O)CCO. The molecule has 0 saturated heterocycles. The van der Waals surface area contributed by atoms with E-state index in [1.165, 1.54) is 0 Å². The molecule has 0 radical (unpaired) electrons. The fourth-order valence-corrected chi connectivity index (χ4v) is 3.36. The standard InChI is InChI=1S/C5H10O5S2/c1-2-4-11(7,8)12(9,10)5-3-6/h2,6H,1,3-5H2. The summed E-state index contributed by atoms with van der Waals surface area (Å²) >= 11 is 0. The maximum atomic E-state index is 10.9. The molecule has 0 unspecified atom stereocenters. The molecule has 0 rings (SSSR count). The molecule has 12 heavy (non-hydrogen) atoms. The Hall–Kier alpha value is -0.400. The van der Waals surface area contributed by atoms with Gasteiger partial charge in [0.05, 0.1) is 18.1 Å². The van der Waals surface area contributed by atoms with Gasteiger partial charge in [0.1, 0.15) is 0 Å². The van der Waals surface area contributed by atoms with Crippen LogP contribution < -0.4 is 0 Å². The van der Waals surface area contributed by atoms with Crippen molar-refractivity contribution in [2.24, 2.45) is 0 Å². The lowest BCUT2D eigenvalue weighted by Crippen LogP contribution is -2.22.